The summed E-state index contributed by atoms with van der Waals surface area (Å²) in [7, 11) is 0. The molecule has 0 saturated carbocycles. The summed E-state index contributed by atoms with van der Waals surface area (Å²) in [6, 6.07) is -0.855. The van der Waals surface area contributed by atoms with Gasteiger partial charge in [0.2, 0.25) is 0 Å². The van der Waals surface area contributed by atoms with Crippen LogP contribution in [-0.2, 0) is 0 Å². The van der Waals surface area contributed by atoms with Gasteiger partial charge in [-0.25, -0.2) is 9.59 Å². The minimum Gasteiger partial charge on any atom is -0.352 e. The number of urea groups is 2. The third kappa shape index (κ3) is 8.63. The van der Waals surface area contributed by atoms with Crippen molar-refractivity contribution in [2.24, 2.45) is 5.73 Å². The van der Waals surface area contributed by atoms with Gasteiger partial charge in [0.1, 0.15) is 0 Å². The lowest BCUT2D eigenvalue weighted by atomic mass is 10.1. The fourth-order valence-electron chi connectivity index (χ4n) is 0.747. The number of carbonyl (C=O) groups is 2. The van der Waals surface area contributed by atoms with E-state index in [1.165, 1.54) is 0 Å². The number of hydrogen-bond acceptors (Lipinski definition) is 2. The highest BCUT2D eigenvalue weighted by Crippen LogP contribution is 1.96. The van der Waals surface area contributed by atoms with Crippen molar-refractivity contribution in [2.45, 2.75) is 26.3 Å². The van der Waals surface area contributed by atoms with Crippen LogP contribution in [-0.4, -0.2) is 30.7 Å². The molecule has 5 N–H and O–H groups in total. The summed E-state index contributed by atoms with van der Waals surface area (Å²) in [5.74, 6) is 0. The van der Waals surface area contributed by atoms with Gasteiger partial charge in [0, 0.05) is 18.6 Å². The van der Waals surface area contributed by atoms with E-state index in [-0.39, 0.29) is 11.6 Å². The lowest BCUT2D eigenvalue weighted by Crippen LogP contribution is -2.48. The zero-order chi connectivity index (χ0) is 11.2. The largest absolute Gasteiger partial charge is 0.352 e. The van der Waals surface area contributed by atoms with Gasteiger partial charge in [-0.3, -0.25) is 0 Å². The molecule has 14 heavy (non-hydrogen) atoms. The molecule has 6 heteroatoms. The Kier molecular flexibility index (Phi) is 4.76. The van der Waals surface area contributed by atoms with E-state index in [1.54, 1.807) is 0 Å². The summed E-state index contributed by atoms with van der Waals surface area (Å²) in [5.41, 5.74) is 4.57. The van der Waals surface area contributed by atoms with Gasteiger partial charge in [0.05, 0.1) is 0 Å². The van der Waals surface area contributed by atoms with E-state index >= 15 is 0 Å². The lowest BCUT2D eigenvalue weighted by molar-refractivity contribution is 0.231. The Balaban J connectivity index is 3.50. The average Bonchev–Trinajstić information content (AvgIpc) is 1.94. The molecule has 0 radical (unpaired) electrons. The van der Waals surface area contributed by atoms with Crippen molar-refractivity contribution in [2.75, 3.05) is 13.1 Å². The minimum absolute atomic E-state index is 0.260. The second-order valence-electron chi connectivity index (χ2n) is 3.92. The van der Waals surface area contributed by atoms with Gasteiger partial charge >= 0.3 is 12.1 Å². The zero-order valence-corrected chi connectivity index (χ0v) is 8.81. The van der Waals surface area contributed by atoms with E-state index in [2.05, 4.69) is 16.0 Å². The Bertz CT molecular complexity index is 210. The molecule has 0 aromatic heterocycles. The summed E-state index contributed by atoms with van der Waals surface area (Å²) in [6.07, 6.45) is 0. The molecule has 0 spiro atoms. The van der Waals surface area contributed by atoms with Gasteiger partial charge in [-0.1, -0.05) is 0 Å². The van der Waals surface area contributed by atoms with Gasteiger partial charge < -0.3 is 21.7 Å². The zero-order valence-electron chi connectivity index (χ0n) is 8.81. The van der Waals surface area contributed by atoms with Crippen molar-refractivity contribution in [3.05, 3.63) is 0 Å². The molecule has 6 nitrogen and oxygen atoms in total. The van der Waals surface area contributed by atoms with Crippen LogP contribution in [0.25, 0.3) is 0 Å². The summed E-state index contributed by atoms with van der Waals surface area (Å²) in [4.78, 5) is 21.4. The van der Waals surface area contributed by atoms with E-state index in [9.17, 15) is 9.59 Å². The van der Waals surface area contributed by atoms with E-state index in [0.717, 1.165) is 0 Å². The van der Waals surface area contributed by atoms with Crippen LogP contribution in [0.2, 0.25) is 0 Å². The van der Waals surface area contributed by atoms with E-state index < -0.39 is 6.03 Å². The fraction of sp³-hybridized carbons (Fsp3) is 0.750. The summed E-state index contributed by atoms with van der Waals surface area (Å²) < 4.78 is 0. The topological polar surface area (TPSA) is 96.2 Å². The Hall–Kier alpha value is -1.46. The Labute approximate surface area is 83.6 Å². The molecule has 0 aliphatic heterocycles. The number of rotatable bonds is 3. The van der Waals surface area contributed by atoms with Crippen LogP contribution in [0.3, 0.4) is 0 Å². The standard InChI is InChI=1S/C8H18N4O2/c1-8(2,3)12-7(14)11-5-4-10-6(9)13/h4-5H2,1-3H3,(H3,9,10,13)(H2,11,12,14). The van der Waals surface area contributed by atoms with E-state index in [0.29, 0.717) is 13.1 Å². The van der Waals surface area contributed by atoms with Crippen molar-refractivity contribution >= 4 is 12.1 Å². The first-order valence-corrected chi connectivity index (χ1v) is 4.40. The van der Waals surface area contributed by atoms with Gasteiger partial charge in [0.25, 0.3) is 0 Å². The molecule has 0 aromatic rings. The molecule has 82 valence electrons. The van der Waals surface area contributed by atoms with Crippen molar-refractivity contribution in [3.63, 3.8) is 0 Å². The highest BCUT2D eigenvalue weighted by Gasteiger charge is 2.12. The number of hydrogen-bond donors (Lipinski definition) is 4. The molecule has 0 saturated heterocycles. The summed E-state index contributed by atoms with van der Waals surface area (Å²) in [6.45, 7) is 6.33. The van der Waals surface area contributed by atoms with Gasteiger partial charge in [0.15, 0.2) is 0 Å². The van der Waals surface area contributed by atoms with Crippen molar-refractivity contribution in [1.29, 1.82) is 0 Å². The maximum Gasteiger partial charge on any atom is 0.315 e. The Morgan fingerprint density at radius 3 is 2.07 bits per heavy atom. The number of nitrogens with two attached hydrogens (primary N) is 1. The minimum atomic E-state index is -0.594. The molecule has 0 aliphatic rings. The van der Waals surface area contributed by atoms with Crippen LogP contribution >= 0.6 is 0 Å². The predicted molar refractivity (Wildman–Crippen MR) is 53.9 cm³/mol. The lowest BCUT2D eigenvalue weighted by Gasteiger charge is -2.20. The third-order valence-corrected chi connectivity index (χ3v) is 1.20. The average molecular weight is 202 g/mol. The molecular weight excluding hydrogens is 184 g/mol. The summed E-state index contributed by atoms with van der Waals surface area (Å²) >= 11 is 0. The molecule has 0 aromatic carbocycles. The quantitative estimate of drug-likeness (QED) is 0.475. The maximum absolute atomic E-state index is 11.1. The third-order valence-electron chi connectivity index (χ3n) is 1.20. The van der Waals surface area contributed by atoms with Crippen LogP contribution < -0.4 is 21.7 Å². The fourth-order valence-corrected chi connectivity index (χ4v) is 0.747. The SMILES string of the molecule is CC(C)(C)NC(=O)NCCNC(N)=O. The molecule has 0 bridgehead atoms. The first-order valence-electron chi connectivity index (χ1n) is 4.40. The van der Waals surface area contributed by atoms with Crippen LogP contribution in [0, 0.1) is 0 Å². The highest BCUT2D eigenvalue weighted by atomic mass is 16.2. The predicted octanol–water partition coefficient (Wildman–Crippen LogP) is -0.248. The first-order chi connectivity index (χ1) is 6.31. The second-order valence-corrected chi connectivity index (χ2v) is 3.92. The second kappa shape index (κ2) is 5.31. The summed E-state index contributed by atoms with van der Waals surface area (Å²) in [5, 5.41) is 7.65. The van der Waals surface area contributed by atoms with Gasteiger partial charge in [-0.2, -0.15) is 0 Å². The van der Waals surface area contributed by atoms with Gasteiger partial charge in [-0.15, -0.1) is 0 Å². The molecule has 0 aliphatic carbocycles. The van der Waals surface area contributed by atoms with E-state index in [4.69, 9.17) is 5.73 Å². The van der Waals surface area contributed by atoms with Crippen molar-refractivity contribution < 1.29 is 9.59 Å². The van der Waals surface area contributed by atoms with Crippen LogP contribution in [0.15, 0.2) is 0 Å². The number of primary amides is 1. The maximum atomic E-state index is 11.1. The van der Waals surface area contributed by atoms with Gasteiger partial charge in [-0.05, 0) is 20.8 Å². The molecular formula is C8H18N4O2. The molecule has 4 amide bonds. The van der Waals surface area contributed by atoms with E-state index in [1.807, 2.05) is 20.8 Å². The molecule has 0 fully saturated rings. The normalized spacial score (nSPS) is 10.5. The van der Waals surface area contributed by atoms with Crippen molar-refractivity contribution in [3.8, 4) is 0 Å². The Morgan fingerprint density at radius 1 is 1.14 bits per heavy atom. The van der Waals surface area contributed by atoms with Crippen LogP contribution in [0.1, 0.15) is 20.8 Å². The molecule has 0 atom stereocenters. The number of nitrogens with one attached hydrogen (secondary N) is 3. The number of carbonyl (C=O) groups excluding carboxylic acids is 2. The smallest absolute Gasteiger partial charge is 0.315 e. The molecule has 0 unspecified atom stereocenters. The van der Waals surface area contributed by atoms with Crippen LogP contribution in [0.5, 0.6) is 0 Å². The first kappa shape index (κ1) is 12.5. The van der Waals surface area contributed by atoms with Crippen LogP contribution in [0.4, 0.5) is 9.59 Å². The molecule has 0 heterocycles. The molecule has 0 rings (SSSR count). The Morgan fingerprint density at radius 2 is 1.64 bits per heavy atom. The number of amides is 4. The highest BCUT2D eigenvalue weighted by molar-refractivity contribution is 5.75. The van der Waals surface area contributed by atoms with Crippen molar-refractivity contribution in [1.82, 2.24) is 16.0 Å². The monoisotopic (exact) mass is 202 g/mol.